The lowest BCUT2D eigenvalue weighted by atomic mass is 10.3. The highest BCUT2D eigenvalue weighted by Crippen LogP contribution is 2.20. The molecule has 0 saturated heterocycles. The summed E-state index contributed by atoms with van der Waals surface area (Å²) in [5.41, 5.74) is 6.47. The normalized spacial score (nSPS) is 10.4. The van der Waals surface area contributed by atoms with E-state index in [0.29, 0.717) is 11.6 Å². The Hall–Kier alpha value is -1.69. The van der Waals surface area contributed by atoms with E-state index < -0.39 is 0 Å². The minimum Gasteiger partial charge on any atom is -0.461 e. The molecule has 3 N–H and O–H groups in total. The largest absolute Gasteiger partial charge is 0.461 e. The van der Waals surface area contributed by atoms with Crippen LogP contribution in [0, 0.1) is 11.7 Å². The van der Waals surface area contributed by atoms with Crippen molar-refractivity contribution >= 4 is 18.2 Å². The van der Waals surface area contributed by atoms with Gasteiger partial charge in [-0.15, -0.1) is 0 Å². The van der Waals surface area contributed by atoms with Crippen molar-refractivity contribution in [2.75, 3.05) is 5.73 Å². The van der Waals surface area contributed by atoms with Crippen LogP contribution in [0.1, 0.15) is 5.56 Å². The molecule has 0 unspecified atom stereocenters. The fourth-order valence-electron chi connectivity index (χ4n) is 1.12. The summed E-state index contributed by atoms with van der Waals surface area (Å²) >= 11 is 4.84. The van der Waals surface area contributed by atoms with Gasteiger partial charge in [0.1, 0.15) is 0 Å². The zero-order chi connectivity index (χ0) is 10.1. The molecule has 0 aliphatic rings. The zero-order valence-corrected chi connectivity index (χ0v) is 8.26. The van der Waals surface area contributed by atoms with Crippen LogP contribution in [0.3, 0.4) is 0 Å². The third-order valence-corrected chi connectivity index (χ3v) is 1.93. The summed E-state index contributed by atoms with van der Waals surface area (Å²) in [4.78, 5) is 10.6. The number of nitrogens with one attached hydrogen (secondary N) is 1. The number of hydrogen-bond donors (Lipinski definition) is 2. The van der Waals surface area contributed by atoms with Gasteiger partial charge in [-0.05, 0) is 30.8 Å². The topological polar surface area (TPSA) is 80.7 Å². The Morgan fingerprint density at radius 3 is 2.86 bits per heavy atom. The van der Waals surface area contributed by atoms with Gasteiger partial charge >= 0.3 is 0 Å². The monoisotopic (exact) mass is 208 g/mol. The summed E-state index contributed by atoms with van der Waals surface area (Å²) in [6.07, 6.45) is 1.58. The SMILES string of the molecule is Cc1ccoc1-c1nc(=S)nc(N)[nH]1. The van der Waals surface area contributed by atoms with Crippen LogP contribution in [0.2, 0.25) is 0 Å². The smallest absolute Gasteiger partial charge is 0.224 e. The van der Waals surface area contributed by atoms with Crippen molar-refractivity contribution in [1.29, 1.82) is 0 Å². The van der Waals surface area contributed by atoms with Crippen LogP contribution in [-0.2, 0) is 0 Å². The van der Waals surface area contributed by atoms with Gasteiger partial charge in [0, 0.05) is 0 Å². The van der Waals surface area contributed by atoms with E-state index in [0.717, 1.165) is 5.56 Å². The van der Waals surface area contributed by atoms with Gasteiger partial charge in [0.2, 0.25) is 10.7 Å². The second kappa shape index (κ2) is 3.22. The Labute approximate surface area is 85.0 Å². The van der Waals surface area contributed by atoms with Gasteiger partial charge in [-0.3, -0.25) is 0 Å². The Morgan fingerprint density at radius 1 is 1.50 bits per heavy atom. The molecule has 0 fully saturated rings. The van der Waals surface area contributed by atoms with E-state index in [1.54, 1.807) is 6.26 Å². The lowest BCUT2D eigenvalue weighted by molar-refractivity contribution is 0.575. The van der Waals surface area contributed by atoms with E-state index in [4.69, 9.17) is 22.4 Å². The molecule has 0 saturated carbocycles. The van der Waals surface area contributed by atoms with Crippen molar-refractivity contribution in [3.63, 3.8) is 0 Å². The number of aromatic amines is 1. The number of aryl methyl sites for hydroxylation is 1. The molecule has 14 heavy (non-hydrogen) atoms. The first-order valence-corrected chi connectivity index (χ1v) is 4.36. The second-order valence-corrected chi connectivity index (χ2v) is 3.16. The summed E-state index contributed by atoms with van der Waals surface area (Å²) in [5.74, 6) is 1.37. The molecule has 0 amide bonds. The van der Waals surface area contributed by atoms with Gasteiger partial charge in [-0.25, -0.2) is 0 Å². The predicted octanol–water partition coefficient (Wildman–Crippen LogP) is 1.68. The van der Waals surface area contributed by atoms with Crippen LogP contribution >= 0.6 is 12.2 Å². The molecule has 5 nitrogen and oxygen atoms in total. The fourth-order valence-corrected chi connectivity index (χ4v) is 1.31. The third kappa shape index (κ3) is 1.51. The van der Waals surface area contributed by atoms with Crippen molar-refractivity contribution in [2.45, 2.75) is 6.92 Å². The lowest BCUT2D eigenvalue weighted by Gasteiger charge is -1.99. The zero-order valence-electron chi connectivity index (χ0n) is 7.44. The van der Waals surface area contributed by atoms with Gasteiger partial charge in [0.15, 0.2) is 11.6 Å². The minimum absolute atomic E-state index is 0.201. The van der Waals surface area contributed by atoms with Gasteiger partial charge < -0.3 is 15.1 Å². The van der Waals surface area contributed by atoms with Crippen molar-refractivity contribution in [3.8, 4) is 11.6 Å². The van der Waals surface area contributed by atoms with Crippen LogP contribution in [0.15, 0.2) is 16.7 Å². The average Bonchev–Trinajstić information content (AvgIpc) is 2.49. The second-order valence-electron chi connectivity index (χ2n) is 2.80. The van der Waals surface area contributed by atoms with Gasteiger partial charge in [-0.1, -0.05) is 0 Å². The van der Waals surface area contributed by atoms with Crippen LogP contribution < -0.4 is 5.73 Å². The molecule has 2 aromatic heterocycles. The highest BCUT2D eigenvalue weighted by atomic mass is 32.1. The molecule has 0 aromatic carbocycles. The number of H-pyrrole nitrogens is 1. The summed E-state index contributed by atoms with van der Waals surface area (Å²) in [5, 5.41) is 0. The minimum atomic E-state index is 0.201. The maximum absolute atomic E-state index is 5.50. The maximum Gasteiger partial charge on any atom is 0.224 e. The first kappa shape index (κ1) is 8.89. The molecule has 72 valence electrons. The Morgan fingerprint density at radius 2 is 2.29 bits per heavy atom. The van der Waals surface area contributed by atoms with E-state index in [9.17, 15) is 0 Å². The first-order chi connectivity index (χ1) is 6.66. The van der Waals surface area contributed by atoms with Crippen molar-refractivity contribution in [3.05, 3.63) is 22.7 Å². The van der Waals surface area contributed by atoms with Crippen molar-refractivity contribution in [2.24, 2.45) is 0 Å². The van der Waals surface area contributed by atoms with E-state index >= 15 is 0 Å². The molecule has 2 aromatic rings. The molecule has 0 spiro atoms. The molecule has 2 rings (SSSR count). The number of aromatic nitrogens is 3. The summed E-state index contributed by atoms with van der Waals surface area (Å²) in [6.45, 7) is 1.91. The van der Waals surface area contributed by atoms with Crippen LogP contribution in [0.5, 0.6) is 0 Å². The quantitative estimate of drug-likeness (QED) is 0.697. The van der Waals surface area contributed by atoms with Crippen molar-refractivity contribution in [1.82, 2.24) is 15.0 Å². The number of hydrogen-bond acceptors (Lipinski definition) is 5. The van der Waals surface area contributed by atoms with Gasteiger partial charge in [0.05, 0.1) is 6.26 Å². The number of anilines is 1. The average molecular weight is 208 g/mol. The summed E-state index contributed by atoms with van der Waals surface area (Å²) < 4.78 is 5.44. The number of furan rings is 1. The molecule has 0 aliphatic carbocycles. The number of rotatable bonds is 1. The molecule has 0 radical (unpaired) electrons. The third-order valence-electron chi connectivity index (χ3n) is 1.75. The molecule has 0 atom stereocenters. The fraction of sp³-hybridized carbons (Fsp3) is 0.125. The highest BCUT2D eigenvalue weighted by molar-refractivity contribution is 7.71. The number of nitrogens with zero attached hydrogens (tertiary/aromatic N) is 2. The summed E-state index contributed by atoms with van der Waals surface area (Å²) in [7, 11) is 0. The Kier molecular flexibility index (Phi) is 2.05. The maximum atomic E-state index is 5.50. The van der Waals surface area contributed by atoms with E-state index in [1.165, 1.54) is 0 Å². The molecule has 6 heteroatoms. The number of nitrogens with two attached hydrogens (primary N) is 1. The predicted molar refractivity (Wildman–Crippen MR) is 54.1 cm³/mol. The van der Waals surface area contributed by atoms with E-state index in [1.807, 2.05) is 13.0 Å². The molecular weight excluding hydrogens is 200 g/mol. The lowest BCUT2D eigenvalue weighted by Crippen LogP contribution is -1.99. The van der Waals surface area contributed by atoms with E-state index in [-0.39, 0.29) is 10.7 Å². The standard InChI is InChI=1S/C8H8N4OS/c1-4-2-3-13-5(4)6-10-7(9)12-8(14)11-6/h2-3H,1H3,(H3,9,10,11,12,14). The van der Waals surface area contributed by atoms with Crippen LogP contribution in [0.25, 0.3) is 11.6 Å². The van der Waals surface area contributed by atoms with Crippen molar-refractivity contribution < 1.29 is 4.42 Å². The van der Waals surface area contributed by atoms with Gasteiger partial charge in [0.25, 0.3) is 0 Å². The molecule has 2 heterocycles. The van der Waals surface area contributed by atoms with Crippen LogP contribution in [0.4, 0.5) is 5.95 Å². The Balaban J connectivity index is 2.63. The molecule has 0 aliphatic heterocycles. The van der Waals surface area contributed by atoms with Crippen LogP contribution in [-0.4, -0.2) is 15.0 Å². The molecular formula is C8H8N4OS. The highest BCUT2D eigenvalue weighted by Gasteiger charge is 2.08. The number of nitrogen functional groups attached to an aromatic ring is 1. The molecule has 0 bridgehead atoms. The Bertz CT molecular complexity index is 516. The first-order valence-electron chi connectivity index (χ1n) is 3.95. The van der Waals surface area contributed by atoms with Gasteiger partial charge in [-0.2, -0.15) is 9.97 Å². The summed E-state index contributed by atoms with van der Waals surface area (Å²) in [6, 6.07) is 1.84. The van der Waals surface area contributed by atoms with E-state index in [2.05, 4.69) is 15.0 Å².